The van der Waals surface area contributed by atoms with Crippen LogP contribution in [0.25, 0.3) is 134 Å². The molecule has 0 aliphatic rings. The van der Waals surface area contributed by atoms with E-state index in [1.165, 1.54) is 10.8 Å². The summed E-state index contributed by atoms with van der Waals surface area (Å²) < 4.78 is 4.71. The summed E-state index contributed by atoms with van der Waals surface area (Å²) in [6, 6.07) is 88.4. The van der Waals surface area contributed by atoms with E-state index in [-0.39, 0.29) is 0 Å². The van der Waals surface area contributed by atoms with E-state index in [0.717, 1.165) is 88.7 Å². The lowest BCUT2D eigenvalue weighted by molar-refractivity contribution is 1.06. The van der Waals surface area contributed by atoms with Gasteiger partial charge in [0, 0.05) is 60.6 Å². The molecule has 8 nitrogen and oxygen atoms in total. The molecule has 0 N–H and O–H groups in total. The summed E-state index contributed by atoms with van der Waals surface area (Å²) in [4.78, 5) is 30.9. The van der Waals surface area contributed by atoms with E-state index in [9.17, 15) is 0 Å². The van der Waals surface area contributed by atoms with Crippen molar-refractivity contribution in [3.8, 4) is 90.8 Å². The predicted octanol–water partition coefficient (Wildman–Crippen LogP) is 15.9. The summed E-state index contributed by atoms with van der Waals surface area (Å²) >= 11 is 0. The highest BCUT2D eigenvalue weighted by Gasteiger charge is 2.22. The van der Waals surface area contributed by atoms with E-state index in [0.29, 0.717) is 34.9 Å². The van der Waals surface area contributed by atoms with E-state index in [4.69, 9.17) is 29.9 Å². The maximum absolute atomic E-state index is 5.24. The monoisotopic (exact) mass is 946 g/mol. The van der Waals surface area contributed by atoms with Crippen LogP contribution in [0, 0.1) is 0 Å². The van der Waals surface area contributed by atoms with Crippen molar-refractivity contribution >= 4 is 43.6 Å². The molecule has 74 heavy (non-hydrogen) atoms. The van der Waals surface area contributed by atoms with E-state index in [2.05, 4.69) is 143 Å². The van der Waals surface area contributed by atoms with Crippen molar-refractivity contribution in [3.63, 3.8) is 0 Å². The number of fused-ring (bicyclic) bond motifs is 6. The third-order valence-electron chi connectivity index (χ3n) is 13.8. The molecule has 0 amide bonds. The minimum absolute atomic E-state index is 0.583. The Kier molecular flexibility index (Phi) is 10.3. The van der Waals surface area contributed by atoms with Gasteiger partial charge >= 0.3 is 0 Å². The predicted molar refractivity (Wildman–Crippen MR) is 300 cm³/mol. The highest BCUT2D eigenvalue weighted by Crippen LogP contribution is 2.41. The molecule has 0 aliphatic heterocycles. The Morgan fingerprint density at radius 2 is 0.581 bits per heavy atom. The second-order valence-corrected chi connectivity index (χ2v) is 18.3. The van der Waals surface area contributed by atoms with E-state index in [1.807, 2.05) is 121 Å². The molecular formula is C66H42N8. The van der Waals surface area contributed by atoms with E-state index < -0.39 is 0 Å². The highest BCUT2D eigenvalue weighted by molar-refractivity contribution is 6.12. The van der Waals surface area contributed by atoms with Crippen LogP contribution in [0.15, 0.2) is 255 Å². The van der Waals surface area contributed by atoms with Crippen LogP contribution in [0.4, 0.5) is 0 Å². The molecule has 0 spiro atoms. The largest absolute Gasteiger partial charge is 0.309 e. The average molecular weight is 947 g/mol. The number of aromatic nitrogens is 8. The maximum Gasteiger partial charge on any atom is 0.166 e. The molecule has 0 saturated heterocycles. The zero-order valence-corrected chi connectivity index (χ0v) is 39.8. The summed E-state index contributed by atoms with van der Waals surface area (Å²) in [5, 5.41) is 4.61. The first-order chi connectivity index (χ1) is 36.7. The molecule has 14 aromatic rings. The number of benzene rings is 10. The Morgan fingerprint density at radius 3 is 1.08 bits per heavy atom. The minimum atomic E-state index is 0.583. The van der Waals surface area contributed by atoms with Gasteiger partial charge in [-0.3, -0.25) is 0 Å². The maximum atomic E-state index is 5.24. The molecule has 4 heterocycles. The quantitative estimate of drug-likeness (QED) is 0.143. The van der Waals surface area contributed by atoms with Crippen molar-refractivity contribution in [1.82, 2.24) is 39.0 Å². The number of hydrogen-bond donors (Lipinski definition) is 0. The van der Waals surface area contributed by atoms with Gasteiger partial charge in [-0.15, -0.1) is 0 Å². The summed E-state index contributed by atoms with van der Waals surface area (Å²) in [6.45, 7) is 0. The topological polar surface area (TPSA) is 87.2 Å². The van der Waals surface area contributed by atoms with Crippen LogP contribution in [0.1, 0.15) is 0 Å². The smallest absolute Gasteiger partial charge is 0.166 e. The van der Waals surface area contributed by atoms with Crippen LogP contribution >= 0.6 is 0 Å². The first-order valence-corrected chi connectivity index (χ1v) is 24.7. The van der Waals surface area contributed by atoms with Crippen LogP contribution in [0.5, 0.6) is 0 Å². The first-order valence-electron chi connectivity index (χ1n) is 24.7. The standard InChI is InChI=1S/C66H42N8/c1-5-21-43(22-6-1)61-67-62(44-23-7-2-8-24-44)70-65(69-61)49-39-48(40-50(41-49)73-56-33-17-13-29-51(56)52-30-14-18-34-57(52)73)47-37-38-60-55(42-47)53-31-15-19-35-58(53)74(60)59-36-20-16-32-54(59)66-71-63(45-25-9-3-10-26-45)68-64(72-66)46-27-11-4-12-28-46/h1-42H. The molecule has 0 bridgehead atoms. The lowest BCUT2D eigenvalue weighted by Gasteiger charge is -2.15. The summed E-state index contributed by atoms with van der Waals surface area (Å²) in [7, 11) is 0. The Labute approximate surface area is 426 Å². The Morgan fingerprint density at radius 1 is 0.216 bits per heavy atom. The number of para-hydroxylation sites is 4. The van der Waals surface area contributed by atoms with Crippen LogP contribution < -0.4 is 0 Å². The Bertz CT molecular complexity index is 4250. The molecule has 10 aromatic carbocycles. The van der Waals surface area contributed by atoms with Gasteiger partial charge in [0.2, 0.25) is 0 Å². The van der Waals surface area contributed by atoms with Crippen LogP contribution in [0.3, 0.4) is 0 Å². The molecule has 8 heteroatoms. The van der Waals surface area contributed by atoms with Gasteiger partial charge in [0.25, 0.3) is 0 Å². The molecule has 14 rings (SSSR count). The first kappa shape index (κ1) is 42.7. The molecule has 4 aromatic heterocycles. The molecule has 0 saturated carbocycles. The average Bonchev–Trinajstić information content (AvgIpc) is 4.01. The second-order valence-electron chi connectivity index (χ2n) is 18.3. The van der Waals surface area contributed by atoms with Crippen molar-refractivity contribution < 1.29 is 0 Å². The van der Waals surface area contributed by atoms with Crippen molar-refractivity contribution in [2.24, 2.45) is 0 Å². The summed E-state index contributed by atoms with van der Waals surface area (Å²) in [5.41, 5.74) is 13.8. The zero-order chi connectivity index (χ0) is 49.0. The van der Waals surface area contributed by atoms with Crippen molar-refractivity contribution in [2.75, 3.05) is 0 Å². The lowest BCUT2D eigenvalue weighted by Crippen LogP contribution is -2.03. The van der Waals surface area contributed by atoms with Crippen molar-refractivity contribution in [1.29, 1.82) is 0 Å². The SMILES string of the molecule is c1ccc(-c2nc(-c3ccccc3)nc(-c3cc(-c4ccc5c(c4)c4ccccc4n5-c4ccccc4-c4nc(-c5ccccc5)nc(-c5ccccc5)n4)cc(-n4c5ccccc5c5ccccc54)c3)n2)cc1. The van der Waals surface area contributed by atoms with Gasteiger partial charge in [0.15, 0.2) is 34.9 Å². The molecule has 0 unspecified atom stereocenters. The fraction of sp³-hybridized carbons (Fsp3) is 0. The minimum Gasteiger partial charge on any atom is -0.309 e. The van der Waals surface area contributed by atoms with Crippen molar-refractivity contribution in [3.05, 3.63) is 255 Å². The van der Waals surface area contributed by atoms with E-state index >= 15 is 0 Å². The molecule has 0 aliphatic carbocycles. The third-order valence-corrected chi connectivity index (χ3v) is 13.8. The molecule has 0 fully saturated rings. The van der Waals surface area contributed by atoms with Crippen LogP contribution in [0.2, 0.25) is 0 Å². The summed E-state index contributed by atoms with van der Waals surface area (Å²) in [6.07, 6.45) is 0. The Balaban J connectivity index is 0.982. The summed E-state index contributed by atoms with van der Waals surface area (Å²) in [5.74, 6) is 3.62. The van der Waals surface area contributed by atoms with E-state index in [1.54, 1.807) is 0 Å². The highest BCUT2D eigenvalue weighted by atomic mass is 15.1. The molecule has 0 atom stereocenters. The fourth-order valence-electron chi connectivity index (χ4n) is 10.4. The number of nitrogens with zero attached hydrogens (tertiary/aromatic N) is 8. The fourth-order valence-corrected chi connectivity index (χ4v) is 10.4. The molecular weight excluding hydrogens is 905 g/mol. The second kappa shape index (κ2) is 17.9. The van der Waals surface area contributed by atoms with Gasteiger partial charge < -0.3 is 9.13 Å². The lowest BCUT2D eigenvalue weighted by atomic mass is 9.99. The van der Waals surface area contributed by atoms with Crippen LogP contribution in [-0.4, -0.2) is 39.0 Å². The zero-order valence-electron chi connectivity index (χ0n) is 39.8. The Hall–Kier alpha value is -10.2. The molecule has 0 radical (unpaired) electrons. The van der Waals surface area contributed by atoms with Gasteiger partial charge in [-0.1, -0.05) is 194 Å². The van der Waals surface area contributed by atoms with Crippen LogP contribution in [-0.2, 0) is 0 Å². The van der Waals surface area contributed by atoms with Gasteiger partial charge in [0.1, 0.15) is 0 Å². The number of hydrogen-bond acceptors (Lipinski definition) is 6. The van der Waals surface area contributed by atoms with Gasteiger partial charge in [-0.05, 0) is 71.8 Å². The number of rotatable bonds is 9. The third kappa shape index (κ3) is 7.48. The van der Waals surface area contributed by atoms with Gasteiger partial charge in [-0.2, -0.15) is 0 Å². The van der Waals surface area contributed by atoms with Crippen molar-refractivity contribution in [2.45, 2.75) is 0 Å². The molecule has 346 valence electrons. The van der Waals surface area contributed by atoms with Gasteiger partial charge in [0.05, 0.1) is 27.8 Å². The van der Waals surface area contributed by atoms with Gasteiger partial charge in [-0.25, -0.2) is 29.9 Å². The normalized spacial score (nSPS) is 11.5.